The summed E-state index contributed by atoms with van der Waals surface area (Å²) in [5, 5.41) is 16.0. The molecule has 2 heterocycles. The van der Waals surface area contributed by atoms with Crippen LogP contribution in [0.25, 0.3) is 0 Å². The van der Waals surface area contributed by atoms with Crippen molar-refractivity contribution in [3.05, 3.63) is 59.7 Å². The summed E-state index contributed by atoms with van der Waals surface area (Å²) in [5.74, 6) is 0.891. The smallest absolute Gasteiger partial charge is 0.227 e. The van der Waals surface area contributed by atoms with Gasteiger partial charge in [0.15, 0.2) is 0 Å². The average Bonchev–Trinajstić information content (AvgIpc) is 3.16. The molecule has 2 aliphatic heterocycles. The number of benzene rings is 2. The van der Waals surface area contributed by atoms with E-state index in [-0.39, 0.29) is 48.9 Å². The topological polar surface area (TPSA) is 96.9 Å². The van der Waals surface area contributed by atoms with Crippen LogP contribution in [0.2, 0.25) is 0 Å². The van der Waals surface area contributed by atoms with Crippen LogP contribution in [0.3, 0.4) is 0 Å². The van der Waals surface area contributed by atoms with Gasteiger partial charge < -0.3 is 25.2 Å². The Morgan fingerprint density at radius 1 is 1.09 bits per heavy atom. The summed E-state index contributed by atoms with van der Waals surface area (Å²) in [5.41, 5.74) is 2.95. The molecular formula is C27H32N2O5. The van der Waals surface area contributed by atoms with Crippen molar-refractivity contribution in [3.63, 3.8) is 0 Å². The molecule has 2 aromatic rings. The molecule has 4 atom stereocenters. The van der Waals surface area contributed by atoms with Crippen molar-refractivity contribution in [2.75, 3.05) is 18.5 Å². The zero-order chi connectivity index (χ0) is 23.5. The summed E-state index contributed by atoms with van der Waals surface area (Å²) >= 11 is 0. The molecule has 180 valence electrons. The van der Waals surface area contributed by atoms with Crippen LogP contribution >= 0.6 is 0 Å². The summed E-state index contributed by atoms with van der Waals surface area (Å²) in [4.78, 5) is 25.0. The molecule has 2 aromatic carbocycles. The van der Waals surface area contributed by atoms with E-state index < -0.39 is 6.10 Å². The van der Waals surface area contributed by atoms with Gasteiger partial charge >= 0.3 is 0 Å². The van der Waals surface area contributed by atoms with E-state index in [2.05, 4.69) is 10.6 Å². The molecule has 3 N–H and O–H groups in total. The van der Waals surface area contributed by atoms with Gasteiger partial charge in [-0.05, 0) is 49.4 Å². The van der Waals surface area contributed by atoms with Gasteiger partial charge in [0, 0.05) is 29.6 Å². The molecule has 7 nitrogen and oxygen atoms in total. The standard InChI is InChI=1S/C27H32N2O5/c30-16-24-26-22(14-20(33-24)15-25(31)28-12-11-17-5-2-1-3-6-17)21-13-19(9-10-23(21)34-26)29-27(32)18-7-4-8-18/h1-3,5-6,9-10,13,18,20,22,24,26,30H,4,7-8,11-12,14-16H2,(H,28,31)(H,29,32)/t20-,22+,24-,26-/m0/s1. The normalized spacial score (nSPS) is 25.4. The average molecular weight is 465 g/mol. The molecule has 2 amide bonds. The third kappa shape index (κ3) is 4.95. The minimum Gasteiger partial charge on any atom is -0.487 e. The van der Waals surface area contributed by atoms with E-state index >= 15 is 0 Å². The largest absolute Gasteiger partial charge is 0.487 e. The summed E-state index contributed by atoms with van der Waals surface area (Å²) < 4.78 is 12.2. The Bertz CT molecular complexity index is 1020. The Labute approximate surface area is 199 Å². The zero-order valence-corrected chi connectivity index (χ0v) is 19.2. The van der Waals surface area contributed by atoms with Gasteiger partial charge in [-0.2, -0.15) is 0 Å². The van der Waals surface area contributed by atoms with Gasteiger partial charge in [0.05, 0.1) is 19.1 Å². The number of anilines is 1. The van der Waals surface area contributed by atoms with E-state index in [0.717, 1.165) is 42.7 Å². The van der Waals surface area contributed by atoms with Gasteiger partial charge in [-0.25, -0.2) is 0 Å². The molecule has 34 heavy (non-hydrogen) atoms. The van der Waals surface area contributed by atoms with Crippen LogP contribution in [0, 0.1) is 5.92 Å². The predicted molar refractivity (Wildman–Crippen MR) is 128 cm³/mol. The van der Waals surface area contributed by atoms with E-state index in [9.17, 15) is 14.7 Å². The zero-order valence-electron chi connectivity index (χ0n) is 19.2. The molecule has 2 fully saturated rings. The van der Waals surface area contributed by atoms with E-state index in [1.165, 1.54) is 5.56 Å². The highest BCUT2D eigenvalue weighted by Crippen LogP contribution is 2.47. The molecule has 1 saturated carbocycles. The lowest BCUT2D eigenvalue weighted by Crippen LogP contribution is -2.47. The Morgan fingerprint density at radius 2 is 1.91 bits per heavy atom. The summed E-state index contributed by atoms with van der Waals surface area (Å²) in [6.07, 6.45) is 3.56. The number of rotatable bonds is 8. The maximum Gasteiger partial charge on any atom is 0.227 e. The number of nitrogens with one attached hydrogen (secondary N) is 2. The number of hydrogen-bond donors (Lipinski definition) is 3. The second-order valence-corrected chi connectivity index (χ2v) is 9.56. The Morgan fingerprint density at radius 3 is 2.65 bits per heavy atom. The van der Waals surface area contributed by atoms with Crippen LogP contribution in [0.5, 0.6) is 5.75 Å². The lowest BCUT2D eigenvalue weighted by atomic mass is 9.83. The van der Waals surface area contributed by atoms with Crippen LogP contribution in [0.4, 0.5) is 5.69 Å². The van der Waals surface area contributed by atoms with Gasteiger partial charge in [0.25, 0.3) is 0 Å². The minimum atomic E-state index is -0.499. The van der Waals surface area contributed by atoms with E-state index in [1.807, 2.05) is 48.5 Å². The van der Waals surface area contributed by atoms with Crippen molar-refractivity contribution in [2.45, 2.75) is 62.8 Å². The number of carbonyl (C=O) groups excluding carboxylic acids is 2. The van der Waals surface area contributed by atoms with E-state index in [1.54, 1.807) is 0 Å². The highest BCUT2D eigenvalue weighted by atomic mass is 16.6. The quantitative estimate of drug-likeness (QED) is 0.558. The van der Waals surface area contributed by atoms with Gasteiger partial charge in [0.2, 0.25) is 11.8 Å². The lowest BCUT2D eigenvalue weighted by Gasteiger charge is -2.37. The molecule has 7 heteroatoms. The maximum atomic E-state index is 12.6. The first kappa shape index (κ1) is 22.9. The summed E-state index contributed by atoms with van der Waals surface area (Å²) in [7, 11) is 0. The van der Waals surface area contributed by atoms with Gasteiger partial charge in [-0.15, -0.1) is 0 Å². The molecule has 0 aromatic heterocycles. The lowest BCUT2D eigenvalue weighted by molar-refractivity contribution is -0.142. The van der Waals surface area contributed by atoms with Gasteiger partial charge in [-0.1, -0.05) is 36.8 Å². The number of aliphatic hydroxyl groups excluding tert-OH is 1. The number of fused-ring (bicyclic) bond motifs is 3. The number of hydrogen-bond acceptors (Lipinski definition) is 5. The van der Waals surface area contributed by atoms with E-state index in [4.69, 9.17) is 9.47 Å². The van der Waals surface area contributed by atoms with Crippen molar-refractivity contribution < 1.29 is 24.2 Å². The Kier molecular flexibility index (Phi) is 6.83. The number of aliphatic hydroxyl groups is 1. The summed E-state index contributed by atoms with van der Waals surface area (Å²) in [6.45, 7) is 0.396. The first-order valence-corrected chi connectivity index (χ1v) is 12.3. The fourth-order valence-electron chi connectivity index (χ4n) is 5.15. The molecule has 0 bridgehead atoms. The fraction of sp³-hybridized carbons (Fsp3) is 0.481. The van der Waals surface area contributed by atoms with Gasteiger partial charge in [0.1, 0.15) is 18.0 Å². The number of amides is 2. The molecule has 1 aliphatic carbocycles. The van der Waals surface area contributed by atoms with Gasteiger partial charge in [-0.3, -0.25) is 9.59 Å². The maximum absolute atomic E-state index is 12.6. The molecule has 5 rings (SSSR count). The van der Waals surface area contributed by atoms with E-state index in [0.29, 0.717) is 13.0 Å². The third-order valence-corrected chi connectivity index (χ3v) is 7.23. The fourth-order valence-corrected chi connectivity index (χ4v) is 5.15. The molecule has 0 spiro atoms. The first-order valence-electron chi connectivity index (χ1n) is 12.3. The van der Waals surface area contributed by atoms with Crippen molar-refractivity contribution in [1.82, 2.24) is 5.32 Å². The molecule has 0 radical (unpaired) electrons. The minimum absolute atomic E-state index is 0.00331. The van der Waals surface area contributed by atoms with Crippen LogP contribution in [-0.4, -0.2) is 48.4 Å². The predicted octanol–water partition coefficient (Wildman–Crippen LogP) is 3.17. The highest BCUT2D eigenvalue weighted by molar-refractivity contribution is 5.93. The second kappa shape index (κ2) is 10.2. The SMILES string of the molecule is O=C(C[C@@H]1C[C@@H]2c3cc(NC(=O)C4CCC4)ccc3O[C@@H]2[C@H](CO)O1)NCCc1ccccc1. The molecular weight excluding hydrogens is 432 g/mol. The third-order valence-electron chi connectivity index (χ3n) is 7.23. The Hall–Kier alpha value is -2.90. The monoisotopic (exact) mass is 464 g/mol. The summed E-state index contributed by atoms with van der Waals surface area (Å²) in [6, 6.07) is 15.8. The second-order valence-electron chi connectivity index (χ2n) is 9.56. The van der Waals surface area contributed by atoms with Crippen molar-refractivity contribution in [2.24, 2.45) is 5.92 Å². The molecule has 0 unspecified atom stereocenters. The van der Waals surface area contributed by atoms with Crippen LogP contribution in [-0.2, 0) is 20.7 Å². The van der Waals surface area contributed by atoms with Crippen molar-refractivity contribution >= 4 is 17.5 Å². The highest BCUT2D eigenvalue weighted by Gasteiger charge is 2.46. The molecule has 3 aliphatic rings. The van der Waals surface area contributed by atoms with Crippen LogP contribution in [0.1, 0.15) is 49.1 Å². The number of ether oxygens (including phenoxy) is 2. The first-order chi connectivity index (χ1) is 16.6. The molecule has 1 saturated heterocycles. The van der Waals surface area contributed by atoms with Crippen molar-refractivity contribution in [3.8, 4) is 5.75 Å². The Balaban J connectivity index is 1.21. The van der Waals surface area contributed by atoms with Crippen molar-refractivity contribution in [1.29, 1.82) is 0 Å². The van der Waals surface area contributed by atoms with Crippen LogP contribution < -0.4 is 15.4 Å². The van der Waals surface area contributed by atoms with Crippen LogP contribution in [0.15, 0.2) is 48.5 Å². The number of carbonyl (C=O) groups is 2.